The number of para-hydroxylation sites is 1. The number of fused-ring (bicyclic) bond motifs is 1. The molecule has 0 saturated carbocycles. The third kappa shape index (κ3) is 6.93. The Labute approximate surface area is 147 Å². The number of aliphatic hydroxyl groups excluding tert-OH is 2. The number of aliphatic hydroxyl groups is 2. The third-order valence-electron chi connectivity index (χ3n) is 3.39. The summed E-state index contributed by atoms with van der Waals surface area (Å²) in [5.41, 5.74) is 0.643. The lowest BCUT2D eigenvalue weighted by atomic mass is 9.98. The first-order valence-electron chi connectivity index (χ1n) is 7.80. The van der Waals surface area contributed by atoms with E-state index in [1.54, 1.807) is 11.8 Å². The number of thioether (sulfide) groups is 2. The summed E-state index contributed by atoms with van der Waals surface area (Å²) >= 11 is 3.25. The largest absolute Gasteiger partial charge is 0.490 e. The highest BCUT2D eigenvalue weighted by atomic mass is 32.2. The summed E-state index contributed by atoms with van der Waals surface area (Å²) in [5.74, 6) is 3.05. The van der Waals surface area contributed by atoms with E-state index in [1.807, 2.05) is 24.3 Å². The average molecular weight is 359 g/mol. The van der Waals surface area contributed by atoms with Gasteiger partial charge in [-0.15, -0.1) is 11.8 Å². The van der Waals surface area contributed by atoms with Gasteiger partial charge in [0.15, 0.2) is 0 Å². The summed E-state index contributed by atoms with van der Waals surface area (Å²) in [7, 11) is 0. The summed E-state index contributed by atoms with van der Waals surface area (Å²) in [6.07, 6.45) is -0.644. The Morgan fingerprint density at radius 1 is 1.17 bits per heavy atom. The zero-order chi connectivity index (χ0) is 16.7. The van der Waals surface area contributed by atoms with Crippen molar-refractivity contribution in [1.29, 1.82) is 0 Å². The van der Waals surface area contributed by atoms with Gasteiger partial charge in [-0.2, -0.15) is 11.8 Å². The fourth-order valence-electron chi connectivity index (χ4n) is 2.18. The van der Waals surface area contributed by atoms with Crippen LogP contribution in [0.4, 0.5) is 0 Å². The molecule has 0 radical (unpaired) electrons. The Bertz CT molecular complexity index is 440. The molecule has 2 N–H and O–H groups in total. The molecule has 0 aromatic heterocycles. The Morgan fingerprint density at radius 3 is 2.78 bits per heavy atom. The van der Waals surface area contributed by atoms with Gasteiger partial charge in [-0.25, -0.2) is 0 Å². The number of hydrogen-bond donors (Lipinski definition) is 2. The van der Waals surface area contributed by atoms with Gasteiger partial charge in [0.1, 0.15) is 23.9 Å². The Kier molecular flexibility index (Phi) is 7.56. The van der Waals surface area contributed by atoms with E-state index in [9.17, 15) is 10.2 Å². The van der Waals surface area contributed by atoms with Crippen molar-refractivity contribution in [2.24, 2.45) is 5.41 Å². The second-order valence-corrected chi connectivity index (χ2v) is 8.73. The first-order valence-corrected chi connectivity index (χ1v) is 10.0. The molecule has 6 heteroatoms. The predicted octanol–water partition coefficient (Wildman–Crippen LogP) is 2.77. The van der Waals surface area contributed by atoms with Crippen LogP contribution in [-0.4, -0.2) is 53.1 Å². The van der Waals surface area contributed by atoms with Crippen molar-refractivity contribution in [2.45, 2.75) is 31.1 Å². The molecule has 0 fully saturated rings. The van der Waals surface area contributed by atoms with Gasteiger partial charge in [0.05, 0.1) is 13.2 Å². The summed E-state index contributed by atoms with van der Waals surface area (Å²) < 4.78 is 11.4. The molecule has 1 aliphatic rings. The van der Waals surface area contributed by atoms with Crippen LogP contribution in [0, 0.1) is 5.41 Å². The van der Waals surface area contributed by atoms with E-state index in [0.29, 0.717) is 18.1 Å². The number of ether oxygens (including phenoxy) is 2. The van der Waals surface area contributed by atoms with E-state index < -0.39 is 11.5 Å². The smallest absolute Gasteiger partial charge is 0.123 e. The minimum Gasteiger partial charge on any atom is -0.490 e. The van der Waals surface area contributed by atoms with Crippen molar-refractivity contribution >= 4 is 23.5 Å². The lowest BCUT2D eigenvalue weighted by Crippen LogP contribution is -2.28. The lowest BCUT2D eigenvalue weighted by Gasteiger charge is -2.25. The van der Waals surface area contributed by atoms with Gasteiger partial charge in [0, 0.05) is 22.8 Å². The van der Waals surface area contributed by atoms with Gasteiger partial charge < -0.3 is 19.7 Å². The summed E-state index contributed by atoms with van der Waals surface area (Å²) in [4.78, 5) is 0. The van der Waals surface area contributed by atoms with E-state index in [4.69, 9.17) is 9.47 Å². The second kappa shape index (κ2) is 9.18. The summed E-state index contributed by atoms with van der Waals surface area (Å²) in [5, 5.41) is 20.2. The first kappa shape index (κ1) is 18.9. The van der Waals surface area contributed by atoms with Crippen LogP contribution < -0.4 is 4.74 Å². The van der Waals surface area contributed by atoms with Gasteiger partial charge in [-0.1, -0.05) is 32.0 Å². The molecule has 1 aliphatic heterocycles. The quantitative estimate of drug-likeness (QED) is 0.744. The van der Waals surface area contributed by atoms with Crippen molar-refractivity contribution in [3.63, 3.8) is 0 Å². The van der Waals surface area contributed by atoms with E-state index in [0.717, 1.165) is 17.1 Å². The van der Waals surface area contributed by atoms with Gasteiger partial charge in [-0.05, 0) is 11.5 Å². The monoisotopic (exact) mass is 358 g/mol. The normalized spacial score (nSPS) is 27.1. The van der Waals surface area contributed by atoms with Crippen LogP contribution in [0.1, 0.15) is 19.4 Å². The topological polar surface area (TPSA) is 58.9 Å². The second-order valence-electron chi connectivity index (χ2n) is 6.53. The van der Waals surface area contributed by atoms with Crippen LogP contribution in [0.3, 0.4) is 0 Å². The van der Waals surface area contributed by atoms with E-state index >= 15 is 0 Å². The fourth-order valence-corrected chi connectivity index (χ4v) is 4.42. The maximum absolute atomic E-state index is 10.1. The number of hydrogen-bond acceptors (Lipinski definition) is 6. The molecule has 23 heavy (non-hydrogen) atoms. The number of rotatable bonds is 0. The predicted molar refractivity (Wildman–Crippen MR) is 97.2 cm³/mol. The van der Waals surface area contributed by atoms with Crippen molar-refractivity contribution in [1.82, 2.24) is 0 Å². The Hall–Kier alpha value is -0.400. The molecule has 4 nitrogen and oxygen atoms in total. The molecule has 1 aromatic rings. The molecule has 0 bridgehead atoms. The maximum atomic E-state index is 10.1. The molecule has 0 amide bonds. The van der Waals surface area contributed by atoms with Gasteiger partial charge in [0.2, 0.25) is 0 Å². The van der Waals surface area contributed by atoms with Crippen LogP contribution in [-0.2, 0) is 10.5 Å². The molecule has 1 heterocycles. The zero-order valence-electron chi connectivity index (χ0n) is 13.7. The number of benzene rings is 1. The minimum atomic E-state index is -0.644. The molecule has 2 rings (SSSR count). The minimum absolute atomic E-state index is 0.0127. The Morgan fingerprint density at radius 2 is 1.96 bits per heavy atom. The average Bonchev–Trinajstić information content (AvgIpc) is 2.51. The van der Waals surface area contributed by atoms with Crippen LogP contribution in [0.5, 0.6) is 5.75 Å². The van der Waals surface area contributed by atoms with Crippen molar-refractivity contribution in [2.75, 3.05) is 31.3 Å². The third-order valence-corrected chi connectivity index (χ3v) is 6.17. The zero-order valence-corrected chi connectivity index (χ0v) is 15.4. The lowest BCUT2D eigenvalue weighted by molar-refractivity contribution is -0.00979. The SMILES string of the molecule is CC1(C)COCC(O)COc2ccccc2CSC(O)CSC1. The molecular weight excluding hydrogens is 332 g/mol. The molecule has 1 aromatic carbocycles. The van der Waals surface area contributed by atoms with E-state index in [1.165, 1.54) is 11.8 Å². The molecule has 2 atom stereocenters. The van der Waals surface area contributed by atoms with Crippen LogP contribution in [0.2, 0.25) is 0 Å². The highest BCUT2D eigenvalue weighted by molar-refractivity contribution is 8.02. The highest BCUT2D eigenvalue weighted by Crippen LogP contribution is 2.28. The van der Waals surface area contributed by atoms with Crippen molar-refractivity contribution in [3.8, 4) is 5.75 Å². The van der Waals surface area contributed by atoms with Crippen LogP contribution in [0.25, 0.3) is 0 Å². The molecule has 0 aliphatic carbocycles. The molecule has 2 unspecified atom stereocenters. The standard InChI is InChI=1S/C17H26O4S2/c1-17(2)11-20-7-14(18)8-21-15-6-4-3-5-13(15)9-23-16(19)10-22-12-17/h3-6,14,16,18-19H,7-12H2,1-2H3. The first-order chi connectivity index (χ1) is 11.0. The molecular formula is C17H26O4S2. The van der Waals surface area contributed by atoms with Crippen molar-refractivity contribution < 1.29 is 19.7 Å². The van der Waals surface area contributed by atoms with Crippen LogP contribution >= 0.6 is 23.5 Å². The Balaban J connectivity index is 2.03. The summed E-state index contributed by atoms with van der Waals surface area (Å²) in [6.45, 7) is 5.33. The highest BCUT2D eigenvalue weighted by Gasteiger charge is 2.20. The van der Waals surface area contributed by atoms with E-state index in [-0.39, 0.29) is 18.6 Å². The fraction of sp³-hybridized carbons (Fsp3) is 0.647. The van der Waals surface area contributed by atoms with Crippen molar-refractivity contribution in [3.05, 3.63) is 29.8 Å². The molecule has 130 valence electrons. The maximum Gasteiger partial charge on any atom is 0.123 e. The van der Waals surface area contributed by atoms with Crippen LogP contribution in [0.15, 0.2) is 24.3 Å². The van der Waals surface area contributed by atoms with Gasteiger partial charge in [-0.3, -0.25) is 0 Å². The van der Waals surface area contributed by atoms with Gasteiger partial charge in [0.25, 0.3) is 0 Å². The van der Waals surface area contributed by atoms with E-state index in [2.05, 4.69) is 13.8 Å². The molecule has 0 saturated heterocycles. The van der Waals surface area contributed by atoms with Gasteiger partial charge >= 0.3 is 0 Å². The molecule has 0 spiro atoms. The summed E-state index contributed by atoms with van der Waals surface area (Å²) in [6, 6.07) is 7.76.